The average molecular weight is 363 g/mol. The number of fused-ring (bicyclic) bond motifs is 1. The molecule has 0 unspecified atom stereocenters. The van der Waals surface area contributed by atoms with Crippen LogP contribution in [-0.2, 0) is 16.0 Å². The minimum atomic E-state index is -0.434. The van der Waals surface area contributed by atoms with E-state index in [9.17, 15) is 9.59 Å². The lowest BCUT2D eigenvalue weighted by molar-refractivity contribution is -0.139. The van der Waals surface area contributed by atoms with Crippen LogP contribution < -0.4 is 4.74 Å². The third kappa shape index (κ3) is 4.31. The van der Waals surface area contributed by atoms with Gasteiger partial charge in [0, 0.05) is 11.1 Å². The van der Waals surface area contributed by atoms with Gasteiger partial charge in [-0.05, 0) is 35.7 Å². The zero-order chi connectivity index (χ0) is 19.4. The summed E-state index contributed by atoms with van der Waals surface area (Å²) in [7, 11) is 1.35. The molecule has 0 aliphatic heterocycles. The Hall–Kier alpha value is -3.21. The van der Waals surface area contributed by atoms with E-state index >= 15 is 0 Å². The van der Waals surface area contributed by atoms with E-state index in [0.29, 0.717) is 11.3 Å². The summed E-state index contributed by atoms with van der Waals surface area (Å²) < 4.78 is 10.2. The molecular formula is C22H21NO4. The van der Waals surface area contributed by atoms with Crippen molar-refractivity contribution in [3.05, 3.63) is 71.4 Å². The van der Waals surface area contributed by atoms with Gasteiger partial charge in [0.05, 0.1) is 24.6 Å². The van der Waals surface area contributed by atoms with Gasteiger partial charge in [-0.1, -0.05) is 44.2 Å². The standard InChI is InChI=1S/C22H21NO4/c1-14(2)20-13-18(17-6-4-5-7-19(17)23-20)22(25)27-16-10-8-15(9-11-16)12-21(24)26-3/h4-11,13-14H,12H2,1-3H3. The lowest BCUT2D eigenvalue weighted by Gasteiger charge is -2.11. The fraction of sp³-hybridized carbons (Fsp3) is 0.227. The second-order valence-electron chi connectivity index (χ2n) is 6.55. The molecule has 0 saturated heterocycles. The highest BCUT2D eigenvalue weighted by Gasteiger charge is 2.16. The monoisotopic (exact) mass is 363 g/mol. The largest absolute Gasteiger partial charge is 0.469 e. The molecule has 0 aliphatic rings. The maximum absolute atomic E-state index is 12.8. The van der Waals surface area contributed by atoms with Crippen molar-refractivity contribution in [3.8, 4) is 5.75 Å². The van der Waals surface area contributed by atoms with Crippen LogP contribution in [0, 0.1) is 0 Å². The van der Waals surface area contributed by atoms with Crippen molar-refractivity contribution < 1.29 is 19.1 Å². The van der Waals surface area contributed by atoms with Crippen LogP contribution in [0.1, 0.15) is 41.4 Å². The van der Waals surface area contributed by atoms with Crippen molar-refractivity contribution in [2.24, 2.45) is 0 Å². The second kappa shape index (κ2) is 7.99. The molecule has 2 aromatic carbocycles. The minimum Gasteiger partial charge on any atom is -0.469 e. The number of ether oxygens (including phenoxy) is 2. The molecule has 0 radical (unpaired) electrons. The summed E-state index contributed by atoms with van der Waals surface area (Å²) in [6, 6.07) is 16.1. The van der Waals surface area contributed by atoms with E-state index in [-0.39, 0.29) is 18.3 Å². The third-order valence-corrected chi connectivity index (χ3v) is 4.26. The Balaban J connectivity index is 1.87. The lowest BCUT2D eigenvalue weighted by atomic mass is 10.0. The molecule has 27 heavy (non-hydrogen) atoms. The summed E-state index contributed by atoms with van der Waals surface area (Å²) in [6.07, 6.45) is 0.178. The number of rotatable bonds is 5. The number of hydrogen-bond acceptors (Lipinski definition) is 5. The summed E-state index contributed by atoms with van der Waals surface area (Å²) in [5, 5.41) is 0.759. The molecule has 1 aromatic heterocycles. The maximum Gasteiger partial charge on any atom is 0.344 e. The molecule has 0 N–H and O–H groups in total. The van der Waals surface area contributed by atoms with Gasteiger partial charge in [0.2, 0.25) is 0 Å². The van der Waals surface area contributed by atoms with E-state index in [1.165, 1.54) is 7.11 Å². The van der Waals surface area contributed by atoms with Crippen LogP contribution in [0.25, 0.3) is 10.9 Å². The van der Waals surface area contributed by atoms with Gasteiger partial charge in [0.15, 0.2) is 0 Å². The van der Waals surface area contributed by atoms with Crippen molar-refractivity contribution in [2.45, 2.75) is 26.2 Å². The normalized spacial score (nSPS) is 10.8. The predicted octanol–water partition coefficient (Wildman–Crippen LogP) is 4.29. The first-order valence-corrected chi connectivity index (χ1v) is 8.75. The third-order valence-electron chi connectivity index (χ3n) is 4.26. The smallest absolute Gasteiger partial charge is 0.344 e. The Bertz CT molecular complexity index is 977. The van der Waals surface area contributed by atoms with E-state index in [4.69, 9.17) is 4.74 Å². The number of carbonyl (C=O) groups excluding carboxylic acids is 2. The maximum atomic E-state index is 12.8. The van der Waals surface area contributed by atoms with E-state index < -0.39 is 5.97 Å². The Morgan fingerprint density at radius 2 is 1.74 bits per heavy atom. The van der Waals surface area contributed by atoms with Crippen LogP contribution in [-0.4, -0.2) is 24.0 Å². The Labute approximate surface area is 157 Å². The summed E-state index contributed by atoms with van der Waals surface area (Å²) >= 11 is 0. The van der Waals surface area contributed by atoms with Crippen molar-refractivity contribution in [1.29, 1.82) is 0 Å². The summed E-state index contributed by atoms with van der Waals surface area (Å²) in [5.41, 5.74) is 2.89. The van der Waals surface area contributed by atoms with Gasteiger partial charge in [-0.2, -0.15) is 0 Å². The molecule has 0 saturated carbocycles. The molecule has 0 amide bonds. The van der Waals surface area contributed by atoms with Gasteiger partial charge in [-0.3, -0.25) is 9.78 Å². The van der Waals surface area contributed by atoms with Gasteiger partial charge >= 0.3 is 11.9 Å². The summed E-state index contributed by atoms with van der Waals surface area (Å²) in [4.78, 5) is 28.7. The molecule has 5 heteroatoms. The fourth-order valence-corrected chi connectivity index (χ4v) is 2.74. The zero-order valence-electron chi connectivity index (χ0n) is 15.6. The Morgan fingerprint density at radius 3 is 2.41 bits per heavy atom. The van der Waals surface area contributed by atoms with Gasteiger partial charge in [0.1, 0.15) is 5.75 Å². The highest BCUT2D eigenvalue weighted by molar-refractivity contribution is 6.04. The first kappa shape index (κ1) is 18.6. The van der Waals surface area contributed by atoms with Crippen LogP contribution in [0.3, 0.4) is 0 Å². The second-order valence-corrected chi connectivity index (χ2v) is 6.55. The number of para-hydroxylation sites is 1. The van der Waals surface area contributed by atoms with E-state index in [0.717, 1.165) is 22.2 Å². The van der Waals surface area contributed by atoms with E-state index in [1.54, 1.807) is 30.3 Å². The first-order chi connectivity index (χ1) is 13.0. The van der Waals surface area contributed by atoms with Gasteiger partial charge in [-0.25, -0.2) is 4.79 Å². The van der Waals surface area contributed by atoms with Crippen molar-refractivity contribution in [1.82, 2.24) is 4.98 Å². The van der Waals surface area contributed by atoms with Crippen LogP contribution in [0.5, 0.6) is 5.75 Å². The molecule has 0 bridgehead atoms. The number of methoxy groups -OCH3 is 1. The topological polar surface area (TPSA) is 65.5 Å². The molecule has 0 spiro atoms. The van der Waals surface area contributed by atoms with Crippen LogP contribution in [0.15, 0.2) is 54.6 Å². The van der Waals surface area contributed by atoms with Gasteiger partial charge in [-0.15, -0.1) is 0 Å². The van der Waals surface area contributed by atoms with Crippen molar-refractivity contribution in [3.63, 3.8) is 0 Å². The highest BCUT2D eigenvalue weighted by Crippen LogP contribution is 2.24. The zero-order valence-corrected chi connectivity index (χ0v) is 15.6. The molecule has 3 aromatic rings. The highest BCUT2D eigenvalue weighted by atomic mass is 16.5. The fourth-order valence-electron chi connectivity index (χ4n) is 2.74. The molecule has 5 nitrogen and oxygen atoms in total. The SMILES string of the molecule is COC(=O)Cc1ccc(OC(=O)c2cc(C(C)C)nc3ccccc23)cc1. The first-order valence-electron chi connectivity index (χ1n) is 8.75. The van der Waals surface area contributed by atoms with Gasteiger partial charge in [0.25, 0.3) is 0 Å². The van der Waals surface area contributed by atoms with Crippen LogP contribution >= 0.6 is 0 Å². The molecule has 0 fully saturated rings. The van der Waals surface area contributed by atoms with E-state index in [1.807, 2.05) is 38.1 Å². The molecular weight excluding hydrogens is 342 g/mol. The quantitative estimate of drug-likeness (QED) is 0.500. The lowest BCUT2D eigenvalue weighted by Crippen LogP contribution is -2.11. The Kier molecular flexibility index (Phi) is 5.50. The minimum absolute atomic E-state index is 0.178. The van der Waals surface area contributed by atoms with E-state index in [2.05, 4.69) is 9.72 Å². The summed E-state index contributed by atoms with van der Waals surface area (Å²) in [6.45, 7) is 4.07. The number of esters is 2. The molecule has 0 atom stereocenters. The van der Waals surface area contributed by atoms with Crippen LogP contribution in [0.2, 0.25) is 0 Å². The van der Waals surface area contributed by atoms with Crippen LogP contribution in [0.4, 0.5) is 0 Å². The Morgan fingerprint density at radius 1 is 1.04 bits per heavy atom. The number of benzene rings is 2. The molecule has 1 heterocycles. The van der Waals surface area contributed by atoms with Gasteiger partial charge < -0.3 is 9.47 Å². The molecule has 0 aliphatic carbocycles. The summed E-state index contributed by atoms with van der Waals surface area (Å²) in [5.74, 6) is -0.139. The number of carbonyl (C=O) groups is 2. The predicted molar refractivity (Wildman–Crippen MR) is 103 cm³/mol. The van der Waals surface area contributed by atoms with Crippen molar-refractivity contribution >= 4 is 22.8 Å². The molecule has 3 rings (SSSR count). The van der Waals surface area contributed by atoms with Crippen molar-refractivity contribution in [2.75, 3.05) is 7.11 Å². The number of aromatic nitrogens is 1. The number of nitrogens with zero attached hydrogens (tertiary/aromatic N) is 1. The molecule has 138 valence electrons. The number of pyridine rings is 1. The number of hydrogen-bond donors (Lipinski definition) is 0. The average Bonchev–Trinajstić information content (AvgIpc) is 2.68.